The number of nitrogens with one attached hydrogen (secondary N) is 1. The minimum atomic E-state index is 0.304. The summed E-state index contributed by atoms with van der Waals surface area (Å²) in [6, 6.07) is 2.01. The third kappa shape index (κ3) is 4.06. The molecule has 0 aromatic carbocycles. The number of halogens is 1. The molecule has 5 heteroatoms. The maximum atomic E-state index is 8.68. The summed E-state index contributed by atoms with van der Waals surface area (Å²) in [5.41, 5.74) is 0. The van der Waals surface area contributed by atoms with Gasteiger partial charge in [-0.1, -0.05) is 49.1 Å². The highest BCUT2D eigenvalue weighted by Gasteiger charge is 2.07. The van der Waals surface area contributed by atoms with Crippen LogP contribution in [0.5, 0.6) is 0 Å². The molecule has 0 aliphatic heterocycles. The van der Waals surface area contributed by atoms with Crippen LogP contribution in [0.4, 0.5) is 5.13 Å². The molecule has 1 aromatic heterocycles. The lowest BCUT2D eigenvalue weighted by molar-refractivity contribution is 0.685. The lowest BCUT2D eigenvalue weighted by Gasteiger charge is -2.00. The van der Waals surface area contributed by atoms with Crippen LogP contribution in [-0.4, -0.2) is 11.5 Å². The zero-order chi connectivity index (χ0) is 11.1. The van der Waals surface area contributed by atoms with E-state index in [-0.39, 0.29) is 0 Å². The fraction of sp³-hybridized carbons (Fsp3) is 0.600. The lowest BCUT2D eigenvalue weighted by Crippen LogP contribution is -2.00. The van der Waals surface area contributed by atoms with E-state index in [1.807, 2.05) is 6.07 Å². The van der Waals surface area contributed by atoms with Crippen molar-refractivity contribution in [2.24, 2.45) is 0 Å². The van der Waals surface area contributed by atoms with Gasteiger partial charge in [-0.3, -0.25) is 0 Å². The summed E-state index contributed by atoms with van der Waals surface area (Å²) in [6.07, 6.45) is 4.87. The highest BCUT2D eigenvalue weighted by Crippen LogP contribution is 2.25. The van der Waals surface area contributed by atoms with Crippen molar-refractivity contribution >= 4 is 28.1 Å². The second-order valence-electron chi connectivity index (χ2n) is 3.24. The van der Waals surface area contributed by atoms with Crippen molar-refractivity contribution in [2.45, 2.75) is 32.6 Å². The Morgan fingerprint density at radius 3 is 2.87 bits per heavy atom. The number of anilines is 1. The number of aromatic nitrogens is 1. The highest BCUT2D eigenvalue weighted by atomic mass is 35.5. The van der Waals surface area contributed by atoms with Gasteiger partial charge in [0, 0.05) is 6.54 Å². The second kappa shape index (κ2) is 6.65. The molecule has 3 nitrogen and oxygen atoms in total. The molecule has 0 aliphatic carbocycles. The van der Waals surface area contributed by atoms with Gasteiger partial charge in [0.15, 0.2) is 10.3 Å². The molecule has 0 fully saturated rings. The van der Waals surface area contributed by atoms with Gasteiger partial charge in [0.1, 0.15) is 10.9 Å². The monoisotopic (exact) mass is 243 g/mol. The number of nitrogens with zero attached hydrogens (tertiary/aromatic N) is 2. The van der Waals surface area contributed by atoms with Crippen molar-refractivity contribution in [3.8, 4) is 6.07 Å². The molecule has 82 valence electrons. The fourth-order valence-electron chi connectivity index (χ4n) is 1.19. The van der Waals surface area contributed by atoms with Crippen molar-refractivity contribution in [2.75, 3.05) is 11.9 Å². The molecule has 15 heavy (non-hydrogen) atoms. The third-order valence-corrected chi connectivity index (χ3v) is 3.30. The Bertz CT molecular complexity index is 343. The van der Waals surface area contributed by atoms with Crippen LogP contribution >= 0.6 is 22.9 Å². The van der Waals surface area contributed by atoms with Gasteiger partial charge in [-0.2, -0.15) is 5.26 Å². The van der Waals surface area contributed by atoms with Crippen LogP contribution in [0.25, 0.3) is 0 Å². The van der Waals surface area contributed by atoms with Gasteiger partial charge in [-0.25, -0.2) is 4.98 Å². The van der Waals surface area contributed by atoms with Crippen LogP contribution in [0.3, 0.4) is 0 Å². The van der Waals surface area contributed by atoms with E-state index >= 15 is 0 Å². The average Bonchev–Trinajstić information content (AvgIpc) is 2.59. The van der Waals surface area contributed by atoms with Crippen molar-refractivity contribution in [3.05, 3.63) is 10.0 Å². The van der Waals surface area contributed by atoms with Gasteiger partial charge >= 0.3 is 0 Å². The number of rotatable bonds is 6. The van der Waals surface area contributed by atoms with Crippen molar-refractivity contribution in [1.82, 2.24) is 4.98 Å². The van der Waals surface area contributed by atoms with E-state index < -0.39 is 0 Å². The Morgan fingerprint density at radius 2 is 2.27 bits per heavy atom. The van der Waals surface area contributed by atoms with Crippen LogP contribution in [-0.2, 0) is 0 Å². The first-order valence-corrected chi connectivity index (χ1v) is 6.27. The Labute approximate surface area is 99.1 Å². The van der Waals surface area contributed by atoms with E-state index in [1.165, 1.54) is 30.6 Å². The minimum Gasteiger partial charge on any atom is -0.361 e. The lowest BCUT2D eigenvalue weighted by atomic mass is 10.2. The van der Waals surface area contributed by atoms with E-state index in [2.05, 4.69) is 17.2 Å². The zero-order valence-electron chi connectivity index (χ0n) is 8.72. The van der Waals surface area contributed by atoms with E-state index in [0.29, 0.717) is 10.0 Å². The SMILES string of the molecule is CCCCCCNc1nc(Cl)c(C#N)s1. The summed E-state index contributed by atoms with van der Waals surface area (Å²) >= 11 is 7.05. The summed E-state index contributed by atoms with van der Waals surface area (Å²) in [6.45, 7) is 3.09. The second-order valence-corrected chi connectivity index (χ2v) is 4.60. The molecule has 0 radical (unpaired) electrons. The predicted octanol–water partition coefficient (Wildman–Crippen LogP) is 3.66. The first-order chi connectivity index (χ1) is 7.27. The van der Waals surface area contributed by atoms with Crippen molar-refractivity contribution in [3.63, 3.8) is 0 Å². The van der Waals surface area contributed by atoms with Gasteiger partial charge in [-0.15, -0.1) is 0 Å². The first kappa shape index (κ1) is 12.3. The molecule has 0 spiro atoms. The molecule has 0 unspecified atom stereocenters. The zero-order valence-corrected chi connectivity index (χ0v) is 10.3. The molecule has 1 rings (SSSR count). The van der Waals surface area contributed by atoms with Crippen molar-refractivity contribution in [1.29, 1.82) is 5.26 Å². The molecular formula is C10H14ClN3S. The molecule has 0 amide bonds. The average molecular weight is 244 g/mol. The number of hydrogen-bond acceptors (Lipinski definition) is 4. The topological polar surface area (TPSA) is 48.7 Å². The molecule has 0 bridgehead atoms. The minimum absolute atomic E-state index is 0.304. The molecule has 0 aliphatic rings. The predicted molar refractivity (Wildman–Crippen MR) is 64.5 cm³/mol. The standard InChI is InChI=1S/C10H14ClN3S/c1-2-3-4-5-6-13-10-14-9(11)8(7-12)15-10/h2-6H2,1H3,(H,13,14). The number of nitriles is 1. The number of thiazole rings is 1. The van der Waals surface area contributed by atoms with Gasteiger partial charge < -0.3 is 5.32 Å². The molecule has 0 saturated carbocycles. The number of hydrogen-bond donors (Lipinski definition) is 1. The largest absolute Gasteiger partial charge is 0.361 e. The summed E-state index contributed by atoms with van der Waals surface area (Å²) < 4.78 is 0. The van der Waals surface area contributed by atoms with Crippen LogP contribution in [0.2, 0.25) is 5.15 Å². The normalized spacial score (nSPS) is 9.93. The number of unbranched alkanes of at least 4 members (excludes halogenated alkanes) is 3. The van der Waals surface area contributed by atoms with E-state index in [4.69, 9.17) is 16.9 Å². The molecule has 1 heterocycles. The van der Waals surface area contributed by atoms with E-state index in [0.717, 1.165) is 18.1 Å². The maximum Gasteiger partial charge on any atom is 0.185 e. The van der Waals surface area contributed by atoms with Gasteiger partial charge in [0.2, 0.25) is 0 Å². The quantitative estimate of drug-likeness (QED) is 0.776. The maximum absolute atomic E-state index is 8.68. The Balaban J connectivity index is 2.29. The molecule has 1 N–H and O–H groups in total. The summed E-state index contributed by atoms with van der Waals surface area (Å²) in [5.74, 6) is 0. The summed E-state index contributed by atoms with van der Waals surface area (Å²) in [4.78, 5) is 4.53. The van der Waals surface area contributed by atoms with Crippen LogP contribution in [0, 0.1) is 11.3 Å². The third-order valence-electron chi connectivity index (χ3n) is 1.99. The van der Waals surface area contributed by atoms with Gasteiger partial charge in [0.05, 0.1) is 0 Å². The molecule has 0 saturated heterocycles. The molecule has 0 atom stereocenters. The first-order valence-electron chi connectivity index (χ1n) is 5.08. The Kier molecular flexibility index (Phi) is 5.44. The van der Waals surface area contributed by atoms with E-state index in [9.17, 15) is 0 Å². The Morgan fingerprint density at radius 1 is 1.47 bits per heavy atom. The molecule has 1 aromatic rings. The summed E-state index contributed by atoms with van der Waals surface area (Å²) in [7, 11) is 0. The Hall–Kier alpha value is -0.790. The fourth-order valence-corrected chi connectivity index (χ4v) is 2.17. The highest BCUT2D eigenvalue weighted by molar-refractivity contribution is 7.16. The smallest absolute Gasteiger partial charge is 0.185 e. The van der Waals surface area contributed by atoms with Crippen LogP contribution in [0.1, 0.15) is 37.5 Å². The van der Waals surface area contributed by atoms with Crippen LogP contribution < -0.4 is 5.32 Å². The van der Waals surface area contributed by atoms with Crippen LogP contribution in [0.15, 0.2) is 0 Å². The molecular weight excluding hydrogens is 230 g/mol. The van der Waals surface area contributed by atoms with E-state index in [1.54, 1.807) is 0 Å². The van der Waals surface area contributed by atoms with Crippen molar-refractivity contribution < 1.29 is 0 Å². The van der Waals surface area contributed by atoms with Gasteiger partial charge in [-0.05, 0) is 6.42 Å². The van der Waals surface area contributed by atoms with Gasteiger partial charge in [0.25, 0.3) is 0 Å². The summed E-state index contributed by atoms with van der Waals surface area (Å²) in [5, 5.41) is 12.9.